The molecule has 0 amide bonds. The number of hydrogen-bond donors (Lipinski definition) is 3. The molecule has 3 aromatic carbocycles. The number of benzene rings is 3. The van der Waals surface area contributed by atoms with Crippen LogP contribution < -0.4 is 0 Å². The molecule has 0 heterocycles. The second-order valence-corrected chi connectivity index (χ2v) is 8.15. The molecule has 30 heavy (non-hydrogen) atoms. The van der Waals surface area contributed by atoms with E-state index in [-0.39, 0.29) is 16.9 Å². The topological polar surface area (TPSA) is 60.7 Å². The van der Waals surface area contributed by atoms with Crippen molar-refractivity contribution >= 4 is 0 Å². The van der Waals surface area contributed by atoms with Crippen LogP contribution in [0.15, 0.2) is 72.8 Å². The van der Waals surface area contributed by atoms with Gasteiger partial charge in [-0.15, -0.1) is 0 Å². The highest BCUT2D eigenvalue weighted by molar-refractivity contribution is 5.43. The number of unbranched alkanes of at least 4 members (excludes halogenated alkanes) is 2. The Morgan fingerprint density at radius 2 is 1.00 bits per heavy atom. The molecule has 0 saturated carbocycles. The zero-order chi connectivity index (χ0) is 21.4. The van der Waals surface area contributed by atoms with Gasteiger partial charge in [0, 0.05) is 5.41 Å². The Hall–Kier alpha value is -2.94. The lowest BCUT2D eigenvalue weighted by Gasteiger charge is -2.36. The first-order valence-corrected chi connectivity index (χ1v) is 10.9. The van der Waals surface area contributed by atoms with E-state index in [9.17, 15) is 15.3 Å². The lowest BCUT2D eigenvalue weighted by Crippen LogP contribution is -2.28. The second-order valence-electron chi connectivity index (χ2n) is 8.15. The molecular formula is C27H32O3. The molecule has 0 aliphatic heterocycles. The van der Waals surface area contributed by atoms with Crippen LogP contribution in [0.1, 0.15) is 62.1 Å². The smallest absolute Gasteiger partial charge is 0.115 e. The number of phenols is 3. The fourth-order valence-electron chi connectivity index (χ4n) is 4.36. The summed E-state index contributed by atoms with van der Waals surface area (Å²) in [6, 6.07) is 22.7. The van der Waals surface area contributed by atoms with E-state index in [0.29, 0.717) is 5.75 Å². The van der Waals surface area contributed by atoms with Crippen LogP contribution in [0.3, 0.4) is 0 Å². The van der Waals surface area contributed by atoms with Gasteiger partial charge < -0.3 is 15.3 Å². The molecule has 0 atom stereocenters. The Balaban J connectivity index is 1.93. The second kappa shape index (κ2) is 10.2. The maximum Gasteiger partial charge on any atom is 0.115 e. The largest absolute Gasteiger partial charge is 0.508 e. The Labute approximate surface area is 179 Å². The first-order valence-electron chi connectivity index (χ1n) is 10.9. The maximum atomic E-state index is 9.84. The van der Waals surface area contributed by atoms with Crippen molar-refractivity contribution in [2.75, 3.05) is 0 Å². The van der Waals surface area contributed by atoms with Crippen molar-refractivity contribution in [2.24, 2.45) is 0 Å². The Morgan fingerprint density at radius 1 is 0.567 bits per heavy atom. The van der Waals surface area contributed by atoms with Gasteiger partial charge in [-0.3, -0.25) is 0 Å². The van der Waals surface area contributed by atoms with Gasteiger partial charge in [-0.1, -0.05) is 62.6 Å². The van der Waals surface area contributed by atoms with Crippen LogP contribution in [0.4, 0.5) is 0 Å². The highest BCUT2D eigenvalue weighted by Gasteiger charge is 2.33. The molecular weight excluding hydrogens is 372 g/mol. The van der Waals surface area contributed by atoms with Crippen molar-refractivity contribution in [3.63, 3.8) is 0 Å². The SMILES string of the molecule is CCCCCC(CCCc1ccc(O)cc1)(c1ccc(O)cc1)c1ccc(O)cc1. The van der Waals surface area contributed by atoms with Crippen molar-refractivity contribution < 1.29 is 15.3 Å². The monoisotopic (exact) mass is 404 g/mol. The number of aromatic hydroxyl groups is 3. The minimum atomic E-state index is -0.173. The standard InChI is InChI=1S/C27H32O3/c1-2-3-4-19-27(22-9-15-25(29)16-10-22,23-11-17-26(30)18-12-23)20-5-6-21-7-13-24(28)14-8-21/h7-18,28-30H,2-6,19-20H2,1H3. The summed E-state index contributed by atoms with van der Waals surface area (Å²) >= 11 is 0. The molecule has 0 aliphatic carbocycles. The molecule has 0 radical (unpaired) electrons. The molecule has 0 aromatic heterocycles. The molecule has 0 bridgehead atoms. The fourth-order valence-corrected chi connectivity index (χ4v) is 4.36. The number of rotatable bonds is 10. The summed E-state index contributed by atoms with van der Waals surface area (Å²) in [6.07, 6.45) is 7.38. The molecule has 0 unspecified atom stereocenters. The summed E-state index contributed by atoms with van der Waals surface area (Å²) < 4.78 is 0. The molecule has 158 valence electrons. The zero-order valence-corrected chi connectivity index (χ0v) is 17.7. The van der Waals surface area contributed by atoms with Crippen LogP contribution >= 0.6 is 0 Å². The highest BCUT2D eigenvalue weighted by atomic mass is 16.3. The average molecular weight is 405 g/mol. The highest BCUT2D eigenvalue weighted by Crippen LogP contribution is 2.42. The van der Waals surface area contributed by atoms with E-state index in [0.717, 1.165) is 38.5 Å². The first kappa shape index (κ1) is 21.8. The third kappa shape index (κ3) is 5.35. The third-order valence-electron chi connectivity index (χ3n) is 6.05. The van der Waals surface area contributed by atoms with Crippen molar-refractivity contribution in [1.82, 2.24) is 0 Å². The van der Waals surface area contributed by atoms with Crippen molar-refractivity contribution in [1.29, 1.82) is 0 Å². The summed E-state index contributed by atoms with van der Waals surface area (Å²) in [5.74, 6) is 0.841. The normalized spacial score (nSPS) is 11.5. The predicted molar refractivity (Wildman–Crippen MR) is 122 cm³/mol. The van der Waals surface area contributed by atoms with Gasteiger partial charge in [0.2, 0.25) is 0 Å². The van der Waals surface area contributed by atoms with Gasteiger partial charge in [0.25, 0.3) is 0 Å². The van der Waals surface area contributed by atoms with Crippen LogP contribution in [0.5, 0.6) is 17.2 Å². The lowest BCUT2D eigenvalue weighted by atomic mass is 9.68. The quantitative estimate of drug-likeness (QED) is 0.330. The summed E-state index contributed by atoms with van der Waals surface area (Å²) in [5, 5.41) is 29.2. The molecule has 3 rings (SSSR count). The number of hydrogen-bond acceptors (Lipinski definition) is 3. The maximum absolute atomic E-state index is 9.84. The molecule has 3 heteroatoms. The summed E-state index contributed by atoms with van der Waals surface area (Å²) in [4.78, 5) is 0. The average Bonchev–Trinajstić information content (AvgIpc) is 2.75. The van der Waals surface area contributed by atoms with Gasteiger partial charge in [-0.05, 0) is 78.8 Å². The van der Waals surface area contributed by atoms with E-state index in [4.69, 9.17) is 0 Å². The number of phenolic OH excluding ortho intramolecular Hbond substituents is 3. The van der Waals surface area contributed by atoms with Crippen molar-refractivity contribution in [3.05, 3.63) is 89.5 Å². The zero-order valence-electron chi connectivity index (χ0n) is 17.7. The molecule has 3 nitrogen and oxygen atoms in total. The molecule has 0 saturated heterocycles. The van der Waals surface area contributed by atoms with E-state index in [2.05, 4.69) is 6.92 Å². The number of aryl methyl sites for hydroxylation is 1. The minimum absolute atomic E-state index is 0.173. The Kier molecular flexibility index (Phi) is 7.40. The van der Waals surface area contributed by atoms with E-state index in [1.807, 2.05) is 36.4 Å². The first-order chi connectivity index (χ1) is 14.5. The summed E-state index contributed by atoms with van der Waals surface area (Å²) in [6.45, 7) is 2.22. The van der Waals surface area contributed by atoms with Crippen LogP contribution in [0.25, 0.3) is 0 Å². The summed E-state index contributed by atoms with van der Waals surface area (Å²) in [5.41, 5.74) is 3.44. The molecule has 0 spiro atoms. The van der Waals surface area contributed by atoms with E-state index in [1.54, 1.807) is 36.4 Å². The molecule has 3 aromatic rings. The van der Waals surface area contributed by atoms with Gasteiger partial charge >= 0.3 is 0 Å². The Bertz CT molecular complexity index is 851. The van der Waals surface area contributed by atoms with Crippen LogP contribution in [0.2, 0.25) is 0 Å². The van der Waals surface area contributed by atoms with Crippen LogP contribution in [-0.4, -0.2) is 15.3 Å². The molecule has 3 N–H and O–H groups in total. The van der Waals surface area contributed by atoms with Gasteiger partial charge in [0.05, 0.1) is 0 Å². The van der Waals surface area contributed by atoms with Crippen molar-refractivity contribution in [3.8, 4) is 17.2 Å². The van der Waals surface area contributed by atoms with Crippen molar-refractivity contribution in [2.45, 2.75) is 57.3 Å². The van der Waals surface area contributed by atoms with Crippen LogP contribution in [-0.2, 0) is 11.8 Å². The molecule has 0 aliphatic rings. The van der Waals surface area contributed by atoms with Crippen LogP contribution in [0, 0.1) is 0 Å². The Morgan fingerprint density at radius 3 is 1.47 bits per heavy atom. The van der Waals surface area contributed by atoms with E-state index in [1.165, 1.54) is 23.1 Å². The summed E-state index contributed by atoms with van der Waals surface area (Å²) in [7, 11) is 0. The van der Waals surface area contributed by atoms with Gasteiger partial charge in [-0.2, -0.15) is 0 Å². The van der Waals surface area contributed by atoms with Gasteiger partial charge in [-0.25, -0.2) is 0 Å². The third-order valence-corrected chi connectivity index (χ3v) is 6.05. The molecule has 0 fully saturated rings. The van der Waals surface area contributed by atoms with E-state index >= 15 is 0 Å². The fraction of sp³-hybridized carbons (Fsp3) is 0.333. The van der Waals surface area contributed by atoms with Gasteiger partial charge in [0.1, 0.15) is 17.2 Å². The van der Waals surface area contributed by atoms with Gasteiger partial charge in [0.15, 0.2) is 0 Å². The minimum Gasteiger partial charge on any atom is -0.508 e. The lowest BCUT2D eigenvalue weighted by molar-refractivity contribution is 0.401. The van der Waals surface area contributed by atoms with E-state index < -0.39 is 0 Å². The predicted octanol–water partition coefficient (Wildman–Crippen LogP) is 6.69.